The molecule has 1 rings (SSSR count). The predicted molar refractivity (Wildman–Crippen MR) is 59.7 cm³/mol. The molecule has 0 atom stereocenters. The van der Waals surface area contributed by atoms with Crippen molar-refractivity contribution in [2.45, 2.75) is 26.3 Å². The topological polar surface area (TPSA) is 43.8 Å². The van der Waals surface area contributed by atoms with Gasteiger partial charge in [0.1, 0.15) is 0 Å². The fourth-order valence-corrected chi connectivity index (χ4v) is 1.20. The molecule has 1 heterocycles. The summed E-state index contributed by atoms with van der Waals surface area (Å²) in [5, 5.41) is 4.32. The highest BCUT2D eigenvalue weighted by Crippen LogP contribution is 2.15. The molecule has 0 radical (unpaired) electrons. The van der Waals surface area contributed by atoms with Crippen molar-refractivity contribution >= 4 is 24.8 Å². The number of aromatic nitrogens is 2. The molecular weight excluding hydrogens is 209 g/mol. The number of halogens is 2. The van der Waals surface area contributed by atoms with E-state index in [0.29, 0.717) is 12.5 Å². The highest BCUT2D eigenvalue weighted by atomic mass is 35.5. The summed E-state index contributed by atoms with van der Waals surface area (Å²) in [6.45, 7) is 4.84. The fourth-order valence-electron chi connectivity index (χ4n) is 1.20. The van der Waals surface area contributed by atoms with Crippen LogP contribution >= 0.6 is 24.8 Å². The van der Waals surface area contributed by atoms with E-state index in [2.05, 4.69) is 18.9 Å². The lowest BCUT2D eigenvalue weighted by Crippen LogP contribution is -2.00. The standard InChI is InChI=1S/C8H15N3.2ClH/c1-6(2)8-7(4-9)5-11(3)10-8;;/h5-6H,4,9H2,1-3H3;2*1H. The van der Waals surface area contributed by atoms with Crippen molar-refractivity contribution in [3.63, 3.8) is 0 Å². The molecular formula is C8H17Cl2N3. The van der Waals surface area contributed by atoms with E-state index < -0.39 is 0 Å². The zero-order chi connectivity index (χ0) is 8.43. The molecule has 0 saturated carbocycles. The largest absolute Gasteiger partial charge is 0.326 e. The number of nitrogens with two attached hydrogens (primary N) is 1. The summed E-state index contributed by atoms with van der Waals surface area (Å²) >= 11 is 0. The Balaban J connectivity index is 0. The predicted octanol–water partition coefficient (Wildman–Crippen LogP) is 1.85. The van der Waals surface area contributed by atoms with E-state index >= 15 is 0 Å². The molecule has 78 valence electrons. The van der Waals surface area contributed by atoms with Crippen LogP contribution in [0.15, 0.2) is 6.20 Å². The Kier molecular flexibility index (Phi) is 7.31. The first-order valence-electron chi connectivity index (χ1n) is 3.87. The van der Waals surface area contributed by atoms with Crippen molar-refractivity contribution in [2.75, 3.05) is 0 Å². The van der Waals surface area contributed by atoms with E-state index in [0.717, 1.165) is 11.3 Å². The quantitative estimate of drug-likeness (QED) is 0.836. The monoisotopic (exact) mass is 225 g/mol. The SMILES string of the molecule is CC(C)c1nn(C)cc1CN.Cl.Cl. The third kappa shape index (κ3) is 3.55. The molecule has 2 N–H and O–H groups in total. The van der Waals surface area contributed by atoms with Gasteiger partial charge in [0.25, 0.3) is 0 Å². The van der Waals surface area contributed by atoms with Crippen molar-refractivity contribution in [3.05, 3.63) is 17.5 Å². The van der Waals surface area contributed by atoms with Crippen LogP contribution in [-0.2, 0) is 13.6 Å². The Labute approximate surface area is 91.5 Å². The molecule has 0 aliphatic heterocycles. The maximum Gasteiger partial charge on any atom is 0.0694 e. The molecule has 1 aromatic heterocycles. The normalized spacial score (nSPS) is 9.31. The van der Waals surface area contributed by atoms with Crippen molar-refractivity contribution in [1.29, 1.82) is 0 Å². The van der Waals surface area contributed by atoms with Gasteiger partial charge in [-0.15, -0.1) is 24.8 Å². The molecule has 0 amide bonds. The maximum atomic E-state index is 5.55. The molecule has 0 aliphatic carbocycles. The average Bonchev–Trinajstić information content (AvgIpc) is 2.30. The molecule has 13 heavy (non-hydrogen) atoms. The zero-order valence-corrected chi connectivity index (χ0v) is 9.78. The average molecular weight is 226 g/mol. The molecule has 0 fully saturated rings. The van der Waals surface area contributed by atoms with Gasteiger partial charge >= 0.3 is 0 Å². The second-order valence-corrected chi connectivity index (χ2v) is 3.07. The van der Waals surface area contributed by atoms with Crippen LogP contribution in [0.4, 0.5) is 0 Å². The highest BCUT2D eigenvalue weighted by Gasteiger charge is 2.08. The lowest BCUT2D eigenvalue weighted by atomic mass is 10.1. The van der Waals surface area contributed by atoms with E-state index in [4.69, 9.17) is 5.73 Å². The second kappa shape index (κ2) is 6.24. The molecule has 5 heteroatoms. The third-order valence-electron chi connectivity index (χ3n) is 1.70. The smallest absolute Gasteiger partial charge is 0.0694 e. The first kappa shape index (κ1) is 15.2. The van der Waals surface area contributed by atoms with E-state index in [1.54, 1.807) is 0 Å². The van der Waals surface area contributed by atoms with E-state index in [9.17, 15) is 0 Å². The van der Waals surface area contributed by atoms with Gasteiger partial charge in [0.2, 0.25) is 0 Å². The zero-order valence-electron chi connectivity index (χ0n) is 8.15. The van der Waals surface area contributed by atoms with E-state index in [1.165, 1.54) is 0 Å². The minimum Gasteiger partial charge on any atom is -0.326 e. The van der Waals surface area contributed by atoms with Crippen molar-refractivity contribution in [3.8, 4) is 0 Å². The van der Waals surface area contributed by atoms with Crippen LogP contribution in [0.2, 0.25) is 0 Å². The van der Waals surface area contributed by atoms with Crippen LogP contribution in [-0.4, -0.2) is 9.78 Å². The Bertz CT molecular complexity index is 246. The molecule has 0 unspecified atom stereocenters. The molecule has 0 spiro atoms. The second-order valence-electron chi connectivity index (χ2n) is 3.07. The summed E-state index contributed by atoms with van der Waals surface area (Å²) in [4.78, 5) is 0. The van der Waals surface area contributed by atoms with Crippen molar-refractivity contribution in [2.24, 2.45) is 12.8 Å². The highest BCUT2D eigenvalue weighted by molar-refractivity contribution is 5.85. The Morgan fingerprint density at radius 2 is 2.00 bits per heavy atom. The van der Waals surface area contributed by atoms with Gasteiger partial charge in [-0.3, -0.25) is 4.68 Å². The Morgan fingerprint density at radius 3 is 2.31 bits per heavy atom. The van der Waals surface area contributed by atoms with Gasteiger partial charge in [0, 0.05) is 25.4 Å². The summed E-state index contributed by atoms with van der Waals surface area (Å²) in [7, 11) is 1.92. The fraction of sp³-hybridized carbons (Fsp3) is 0.625. The number of hydrogen-bond donors (Lipinski definition) is 1. The van der Waals surface area contributed by atoms with E-state index in [1.807, 2.05) is 17.9 Å². The summed E-state index contributed by atoms with van der Waals surface area (Å²) in [5.41, 5.74) is 7.82. The van der Waals surface area contributed by atoms with Crippen LogP contribution in [0.1, 0.15) is 31.0 Å². The van der Waals surface area contributed by atoms with Crippen molar-refractivity contribution in [1.82, 2.24) is 9.78 Å². The summed E-state index contributed by atoms with van der Waals surface area (Å²) in [5.74, 6) is 0.467. The van der Waals surface area contributed by atoms with E-state index in [-0.39, 0.29) is 24.8 Å². The van der Waals surface area contributed by atoms with Crippen LogP contribution in [0.25, 0.3) is 0 Å². The minimum absolute atomic E-state index is 0. The van der Waals surface area contributed by atoms with Gasteiger partial charge in [-0.1, -0.05) is 13.8 Å². The molecule has 1 aromatic rings. The van der Waals surface area contributed by atoms with Crippen LogP contribution < -0.4 is 5.73 Å². The number of hydrogen-bond acceptors (Lipinski definition) is 2. The van der Waals surface area contributed by atoms with Crippen LogP contribution in [0.3, 0.4) is 0 Å². The summed E-state index contributed by atoms with van der Waals surface area (Å²) in [6, 6.07) is 0. The van der Waals surface area contributed by atoms with Crippen molar-refractivity contribution < 1.29 is 0 Å². The number of aryl methyl sites for hydroxylation is 1. The lowest BCUT2D eigenvalue weighted by molar-refractivity contribution is 0.711. The first-order chi connectivity index (χ1) is 5.15. The van der Waals surface area contributed by atoms with Gasteiger partial charge in [-0.2, -0.15) is 5.10 Å². The third-order valence-corrected chi connectivity index (χ3v) is 1.70. The molecule has 0 bridgehead atoms. The summed E-state index contributed by atoms with van der Waals surface area (Å²) < 4.78 is 1.82. The van der Waals surface area contributed by atoms with Gasteiger partial charge in [0.05, 0.1) is 5.69 Å². The molecule has 0 aliphatic rings. The maximum absolute atomic E-state index is 5.55. The van der Waals surface area contributed by atoms with Gasteiger partial charge < -0.3 is 5.73 Å². The van der Waals surface area contributed by atoms with Gasteiger partial charge in [0.15, 0.2) is 0 Å². The molecule has 0 aromatic carbocycles. The van der Waals surface area contributed by atoms with Crippen LogP contribution in [0, 0.1) is 0 Å². The number of rotatable bonds is 2. The van der Waals surface area contributed by atoms with Gasteiger partial charge in [-0.25, -0.2) is 0 Å². The van der Waals surface area contributed by atoms with Gasteiger partial charge in [-0.05, 0) is 5.92 Å². The lowest BCUT2D eigenvalue weighted by Gasteiger charge is -2.01. The Hall–Kier alpha value is -0.250. The molecule has 0 saturated heterocycles. The summed E-state index contributed by atoms with van der Waals surface area (Å²) in [6.07, 6.45) is 1.98. The first-order valence-corrected chi connectivity index (χ1v) is 3.87. The molecule has 3 nitrogen and oxygen atoms in total. The minimum atomic E-state index is 0. The Morgan fingerprint density at radius 1 is 1.46 bits per heavy atom. The van der Waals surface area contributed by atoms with Crippen LogP contribution in [0.5, 0.6) is 0 Å². The number of nitrogens with zero attached hydrogens (tertiary/aromatic N) is 2.